The molecule has 1 unspecified atom stereocenters. The van der Waals surface area contributed by atoms with Gasteiger partial charge in [0.15, 0.2) is 6.17 Å². The van der Waals surface area contributed by atoms with Crippen LogP contribution in [0.25, 0.3) is 5.57 Å². The van der Waals surface area contributed by atoms with Gasteiger partial charge in [-0.25, -0.2) is 0 Å². The van der Waals surface area contributed by atoms with Crippen molar-refractivity contribution in [1.29, 1.82) is 0 Å². The van der Waals surface area contributed by atoms with Gasteiger partial charge in [0.05, 0.1) is 27.9 Å². The number of allylic oxidation sites excluding steroid dienone is 5. The molecule has 1 aliphatic carbocycles. The van der Waals surface area contributed by atoms with E-state index in [-0.39, 0.29) is 17.6 Å². The molecule has 1 aromatic rings. The minimum Gasteiger partial charge on any atom is -0.362 e. The van der Waals surface area contributed by atoms with Crippen LogP contribution in [0.2, 0.25) is 0 Å². The Balaban J connectivity index is 1.55. The van der Waals surface area contributed by atoms with E-state index >= 15 is 0 Å². The summed E-state index contributed by atoms with van der Waals surface area (Å²) < 4.78 is 0. The summed E-state index contributed by atoms with van der Waals surface area (Å²) in [5.41, 5.74) is 7.34. The molecule has 0 bridgehead atoms. The van der Waals surface area contributed by atoms with Crippen LogP contribution in [0, 0.1) is 0 Å². The topological polar surface area (TPSA) is 78.2 Å². The van der Waals surface area contributed by atoms with E-state index in [2.05, 4.69) is 77.0 Å². The molecule has 0 radical (unpaired) electrons. The second-order valence-corrected chi connectivity index (χ2v) is 10.8. The molecule has 4 heterocycles. The Morgan fingerprint density at radius 2 is 2.06 bits per heavy atom. The maximum Gasteiger partial charge on any atom is 0.250 e. The molecule has 178 valence electrons. The monoisotopic (exact) mass is 485 g/mol. The highest BCUT2D eigenvalue weighted by Crippen LogP contribution is 2.51. The summed E-state index contributed by atoms with van der Waals surface area (Å²) in [5.74, 6) is -0.0245. The van der Waals surface area contributed by atoms with Gasteiger partial charge in [-0.2, -0.15) is 10.2 Å². The van der Waals surface area contributed by atoms with E-state index < -0.39 is 5.41 Å². The molecule has 0 saturated carbocycles. The molecule has 6 nitrogen and oxygen atoms in total. The standard InChI is InChI=1S/C28H28ClN5O/c1-4-28(20-15-31-34-25(20)32-22-14-27(2,3)33-26(35)23(22)28)17-8-5-7-16(13-17)18-11-12-30-24-19(18)9-6-10-21(24)29/h5-8,10,12-13,15,25,32H,4,9,11,14H2,1-3H3,(H,33,35)/t25?,28-/m0/s1. The number of benzene rings is 1. The second kappa shape index (κ2) is 7.89. The lowest BCUT2D eigenvalue weighted by Gasteiger charge is -2.48. The van der Waals surface area contributed by atoms with Crippen LogP contribution in [-0.2, 0) is 10.2 Å². The third-order valence-corrected chi connectivity index (χ3v) is 8.02. The van der Waals surface area contributed by atoms with Gasteiger partial charge in [-0.05, 0) is 55.0 Å². The summed E-state index contributed by atoms with van der Waals surface area (Å²) in [6.45, 7) is 6.26. The lowest BCUT2D eigenvalue weighted by atomic mass is 9.62. The highest BCUT2D eigenvalue weighted by atomic mass is 35.5. The molecule has 5 aliphatic rings. The van der Waals surface area contributed by atoms with Gasteiger partial charge in [0.25, 0.3) is 5.91 Å². The van der Waals surface area contributed by atoms with Gasteiger partial charge in [-0.1, -0.05) is 48.9 Å². The van der Waals surface area contributed by atoms with Crippen LogP contribution >= 0.6 is 11.6 Å². The number of dihydropyridines is 1. The molecule has 1 aromatic carbocycles. The molecule has 2 N–H and O–H groups in total. The molecular formula is C28H28ClN5O. The van der Waals surface area contributed by atoms with Crippen LogP contribution in [0.3, 0.4) is 0 Å². The molecule has 0 aromatic heterocycles. The van der Waals surface area contributed by atoms with Crippen LogP contribution in [0.1, 0.15) is 57.6 Å². The number of azo groups is 1. The number of aliphatic imine (C=N–C) groups is 1. The molecular weight excluding hydrogens is 458 g/mol. The van der Waals surface area contributed by atoms with Crippen molar-refractivity contribution in [2.75, 3.05) is 0 Å². The molecule has 7 heteroatoms. The van der Waals surface area contributed by atoms with Crippen molar-refractivity contribution in [3.05, 3.63) is 86.9 Å². The van der Waals surface area contributed by atoms with E-state index in [0.717, 1.165) is 59.4 Å². The van der Waals surface area contributed by atoms with Gasteiger partial charge >= 0.3 is 0 Å². The maximum atomic E-state index is 13.6. The predicted molar refractivity (Wildman–Crippen MR) is 139 cm³/mol. The summed E-state index contributed by atoms with van der Waals surface area (Å²) in [6, 6.07) is 8.62. The van der Waals surface area contributed by atoms with Crippen LogP contribution < -0.4 is 10.6 Å². The second-order valence-electron chi connectivity index (χ2n) is 10.3. The first kappa shape index (κ1) is 22.2. The fraction of sp³-hybridized carbons (Fsp3) is 0.357. The van der Waals surface area contributed by atoms with Crippen molar-refractivity contribution >= 4 is 29.3 Å². The first-order valence-corrected chi connectivity index (χ1v) is 12.6. The number of hydrogen-bond donors (Lipinski definition) is 2. The van der Waals surface area contributed by atoms with E-state index in [1.54, 1.807) is 0 Å². The van der Waals surface area contributed by atoms with Crippen molar-refractivity contribution < 1.29 is 4.79 Å². The fourth-order valence-corrected chi connectivity index (χ4v) is 6.48. The zero-order valence-electron chi connectivity index (χ0n) is 20.2. The Kier molecular flexibility index (Phi) is 5.01. The Hall–Kier alpha value is -3.25. The molecule has 0 spiro atoms. The number of nitrogens with one attached hydrogen (secondary N) is 2. The zero-order valence-corrected chi connectivity index (χ0v) is 20.9. The summed E-state index contributed by atoms with van der Waals surface area (Å²) in [5, 5.41) is 16.2. The smallest absolute Gasteiger partial charge is 0.250 e. The number of carbonyl (C=O) groups is 1. The average Bonchev–Trinajstić information content (AvgIpc) is 3.31. The average molecular weight is 486 g/mol. The molecule has 0 fully saturated rings. The predicted octanol–water partition coefficient (Wildman–Crippen LogP) is 5.80. The van der Waals surface area contributed by atoms with Gasteiger partial charge in [-0.3, -0.25) is 9.79 Å². The number of hydrogen-bond acceptors (Lipinski definition) is 5. The summed E-state index contributed by atoms with van der Waals surface area (Å²) in [7, 11) is 0. The minimum absolute atomic E-state index is 0.0245. The van der Waals surface area contributed by atoms with Crippen molar-refractivity contribution in [3.8, 4) is 0 Å². The lowest BCUT2D eigenvalue weighted by Crippen LogP contribution is -2.58. The van der Waals surface area contributed by atoms with E-state index in [0.29, 0.717) is 5.03 Å². The third-order valence-electron chi connectivity index (χ3n) is 7.72. The van der Waals surface area contributed by atoms with Crippen molar-refractivity contribution in [3.63, 3.8) is 0 Å². The molecule has 0 saturated heterocycles. The molecule has 6 rings (SSSR count). The highest BCUT2D eigenvalue weighted by Gasteiger charge is 2.53. The Morgan fingerprint density at radius 1 is 1.20 bits per heavy atom. The Bertz CT molecular complexity index is 1370. The van der Waals surface area contributed by atoms with E-state index in [1.165, 1.54) is 11.1 Å². The Morgan fingerprint density at radius 3 is 2.89 bits per heavy atom. The number of amides is 1. The van der Waals surface area contributed by atoms with Crippen molar-refractivity contribution in [2.24, 2.45) is 15.2 Å². The molecule has 2 atom stereocenters. The van der Waals surface area contributed by atoms with Crippen molar-refractivity contribution in [2.45, 2.75) is 63.6 Å². The maximum absolute atomic E-state index is 13.6. The summed E-state index contributed by atoms with van der Waals surface area (Å²) in [6.07, 6.45) is 10.6. The van der Waals surface area contributed by atoms with E-state index in [1.807, 2.05) is 18.5 Å². The lowest BCUT2D eigenvalue weighted by molar-refractivity contribution is -0.120. The van der Waals surface area contributed by atoms with E-state index in [4.69, 9.17) is 11.6 Å². The first-order valence-electron chi connectivity index (χ1n) is 12.2. The van der Waals surface area contributed by atoms with Gasteiger partial charge in [-0.15, -0.1) is 0 Å². The quantitative estimate of drug-likeness (QED) is 0.567. The largest absolute Gasteiger partial charge is 0.362 e. The highest BCUT2D eigenvalue weighted by molar-refractivity contribution is 6.32. The number of fused-ring (bicyclic) bond motifs is 2. The normalized spacial score (nSPS) is 28.4. The number of carbonyl (C=O) groups excluding carboxylic acids is 1. The van der Waals surface area contributed by atoms with Crippen molar-refractivity contribution in [1.82, 2.24) is 10.6 Å². The zero-order chi connectivity index (χ0) is 24.4. The number of halogens is 1. The third kappa shape index (κ3) is 3.30. The van der Waals surface area contributed by atoms with Crippen LogP contribution in [0.5, 0.6) is 0 Å². The molecule has 35 heavy (non-hydrogen) atoms. The SMILES string of the molecule is CC[C@]1(c2cccc(C3=C4CC=CC(Cl)=C4N=CC3)c2)C2=CN=NC2NC2=C1C(=O)NC(C)(C)C2. The number of nitrogens with zero attached hydrogens (tertiary/aromatic N) is 3. The van der Waals surface area contributed by atoms with E-state index in [9.17, 15) is 4.79 Å². The molecule has 4 aliphatic heterocycles. The van der Waals surface area contributed by atoms with Crippen LogP contribution in [-0.4, -0.2) is 23.8 Å². The van der Waals surface area contributed by atoms with Gasteiger partial charge in [0.2, 0.25) is 0 Å². The van der Waals surface area contributed by atoms with Gasteiger partial charge in [0, 0.05) is 35.9 Å². The number of rotatable bonds is 3. The molecule has 1 amide bonds. The van der Waals surface area contributed by atoms with Crippen LogP contribution in [0.15, 0.2) is 91.0 Å². The van der Waals surface area contributed by atoms with Crippen LogP contribution in [0.4, 0.5) is 0 Å². The first-order chi connectivity index (χ1) is 16.8. The Labute approximate surface area is 210 Å². The van der Waals surface area contributed by atoms with Gasteiger partial charge in [0.1, 0.15) is 0 Å². The minimum atomic E-state index is -0.609. The summed E-state index contributed by atoms with van der Waals surface area (Å²) >= 11 is 6.48. The fourth-order valence-electron chi connectivity index (χ4n) is 6.23. The van der Waals surface area contributed by atoms with Gasteiger partial charge < -0.3 is 10.6 Å². The summed E-state index contributed by atoms with van der Waals surface area (Å²) in [4.78, 5) is 18.2.